The van der Waals surface area contributed by atoms with Crippen LogP contribution in [0, 0.1) is 11.2 Å². The summed E-state index contributed by atoms with van der Waals surface area (Å²) >= 11 is 0. The molecule has 2 rings (SSSR count). The van der Waals surface area contributed by atoms with Crippen molar-refractivity contribution in [1.29, 1.82) is 0 Å². The van der Waals surface area contributed by atoms with Crippen LogP contribution >= 0.6 is 0 Å². The number of aliphatic hydroxyl groups is 1. The number of halogens is 1. The molecule has 1 atom stereocenters. The molecule has 136 valence electrons. The molecule has 0 fully saturated rings. The van der Waals surface area contributed by atoms with Gasteiger partial charge in [0.2, 0.25) is 5.91 Å². The smallest absolute Gasteiger partial charge is 0.225 e. The molecule has 0 aliphatic carbocycles. The van der Waals surface area contributed by atoms with E-state index in [-0.39, 0.29) is 25.0 Å². The van der Waals surface area contributed by atoms with E-state index in [4.69, 9.17) is 0 Å². The number of aromatic nitrogens is 2. The fourth-order valence-corrected chi connectivity index (χ4v) is 2.58. The molecule has 25 heavy (non-hydrogen) atoms. The second-order valence-corrected chi connectivity index (χ2v) is 6.74. The Labute approximate surface area is 147 Å². The zero-order valence-electron chi connectivity index (χ0n) is 14.8. The highest BCUT2D eigenvalue weighted by Gasteiger charge is 2.32. The fraction of sp³-hybridized carbons (Fsp3) is 0.444. The molecule has 2 aromatic rings. The van der Waals surface area contributed by atoms with Gasteiger partial charge in [0, 0.05) is 43.5 Å². The van der Waals surface area contributed by atoms with Crippen LogP contribution in [0.4, 0.5) is 10.1 Å². The van der Waals surface area contributed by atoms with Crippen molar-refractivity contribution < 1.29 is 14.3 Å². The molecule has 1 aromatic heterocycles. The fourth-order valence-electron chi connectivity index (χ4n) is 2.58. The largest absolute Gasteiger partial charge is 0.396 e. The molecule has 0 radical (unpaired) electrons. The van der Waals surface area contributed by atoms with Crippen LogP contribution in [0.2, 0.25) is 0 Å². The molecule has 1 heterocycles. The summed E-state index contributed by atoms with van der Waals surface area (Å²) in [5.41, 5.74) is -0.0145. The topological polar surface area (TPSA) is 79.2 Å². The molecule has 0 spiro atoms. The maximum Gasteiger partial charge on any atom is 0.225 e. The van der Waals surface area contributed by atoms with Gasteiger partial charge in [-0.3, -0.25) is 4.79 Å². The number of nitrogens with zero attached hydrogens (tertiary/aromatic N) is 2. The summed E-state index contributed by atoms with van der Waals surface area (Å²) in [6, 6.07) is 5.58. The van der Waals surface area contributed by atoms with Gasteiger partial charge < -0.3 is 20.3 Å². The van der Waals surface area contributed by atoms with E-state index in [0.29, 0.717) is 12.2 Å². The number of anilines is 1. The Morgan fingerprint density at radius 3 is 2.80 bits per heavy atom. The van der Waals surface area contributed by atoms with Crippen LogP contribution in [0.15, 0.2) is 36.7 Å². The molecule has 6 nitrogen and oxygen atoms in total. The Balaban J connectivity index is 1.95. The Kier molecular flexibility index (Phi) is 6.27. The molecule has 0 saturated carbocycles. The van der Waals surface area contributed by atoms with Crippen molar-refractivity contribution >= 4 is 11.6 Å². The Morgan fingerprint density at radius 1 is 1.44 bits per heavy atom. The molecule has 1 unspecified atom stereocenters. The highest BCUT2D eigenvalue weighted by molar-refractivity contribution is 5.90. The van der Waals surface area contributed by atoms with Crippen molar-refractivity contribution in [2.24, 2.45) is 12.5 Å². The zero-order chi connectivity index (χ0) is 18.4. The van der Waals surface area contributed by atoms with Crippen molar-refractivity contribution in [2.75, 3.05) is 18.5 Å². The summed E-state index contributed by atoms with van der Waals surface area (Å²) in [5.74, 6) is 0.193. The van der Waals surface area contributed by atoms with Gasteiger partial charge in [0.25, 0.3) is 0 Å². The lowest BCUT2D eigenvalue weighted by atomic mass is 9.84. The van der Waals surface area contributed by atoms with Crippen LogP contribution in [0.3, 0.4) is 0 Å². The number of hydrogen-bond acceptors (Lipinski definition) is 4. The first-order valence-electron chi connectivity index (χ1n) is 8.20. The number of hydrogen-bond donors (Lipinski definition) is 3. The number of aryl methyl sites for hydroxylation is 1. The van der Waals surface area contributed by atoms with Crippen molar-refractivity contribution in [3.05, 3.63) is 48.3 Å². The van der Waals surface area contributed by atoms with Gasteiger partial charge >= 0.3 is 0 Å². The normalized spacial score (nSPS) is 12.8. The molecule has 0 bridgehead atoms. The molecular formula is C18H25FN4O2. The first-order chi connectivity index (χ1) is 11.8. The lowest BCUT2D eigenvalue weighted by molar-refractivity contribution is -0.116. The first kappa shape index (κ1) is 19.1. The zero-order valence-corrected chi connectivity index (χ0v) is 14.8. The molecule has 0 aliphatic heterocycles. The Bertz CT molecular complexity index is 715. The number of benzene rings is 1. The maximum atomic E-state index is 13.1. The number of nitrogens with one attached hydrogen (secondary N) is 2. The summed E-state index contributed by atoms with van der Waals surface area (Å²) in [6.07, 6.45) is 3.77. The van der Waals surface area contributed by atoms with Crippen LogP contribution in [0.5, 0.6) is 0 Å². The molecule has 1 amide bonds. The lowest BCUT2D eigenvalue weighted by Crippen LogP contribution is -2.39. The van der Waals surface area contributed by atoms with Gasteiger partial charge in [0.15, 0.2) is 0 Å². The summed E-state index contributed by atoms with van der Waals surface area (Å²) in [4.78, 5) is 16.4. The minimum absolute atomic E-state index is 0.0208. The van der Waals surface area contributed by atoms with E-state index in [0.717, 1.165) is 5.82 Å². The van der Waals surface area contributed by atoms with Crippen molar-refractivity contribution in [2.45, 2.75) is 26.3 Å². The second kappa shape index (κ2) is 8.22. The number of carbonyl (C=O) groups excluding carboxylic acids is 1. The van der Waals surface area contributed by atoms with Gasteiger partial charge in [-0.25, -0.2) is 9.37 Å². The van der Waals surface area contributed by atoms with E-state index in [2.05, 4.69) is 15.6 Å². The van der Waals surface area contributed by atoms with Crippen LogP contribution in [-0.4, -0.2) is 33.7 Å². The van der Waals surface area contributed by atoms with Gasteiger partial charge in [-0.15, -0.1) is 0 Å². The van der Waals surface area contributed by atoms with Crippen LogP contribution in [0.25, 0.3) is 0 Å². The third-order valence-electron chi connectivity index (χ3n) is 4.11. The third-order valence-corrected chi connectivity index (χ3v) is 4.11. The standard InChI is InChI=1S/C18H25FN4O2/c1-18(2,12-24)16(17-21-9-10-23(17)3)20-8-7-15(25)22-14-6-4-5-13(19)11-14/h4-6,9-11,16,20,24H,7-8,12H2,1-3H3,(H,22,25). The summed E-state index contributed by atoms with van der Waals surface area (Å²) in [5, 5.41) is 15.7. The summed E-state index contributed by atoms with van der Waals surface area (Å²) in [6.45, 7) is 4.26. The Morgan fingerprint density at radius 2 is 2.20 bits per heavy atom. The van der Waals surface area contributed by atoms with Gasteiger partial charge in [-0.05, 0) is 18.2 Å². The average molecular weight is 348 g/mol. The molecule has 1 aromatic carbocycles. The number of carbonyl (C=O) groups is 1. The van der Waals surface area contributed by atoms with E-state index >= 15 is 0 Å². The summed E-state index contributed by atoms with van der Waals surface area (Å²) < 4.78 is 15.0. The average Bonchev–Trinajstić information content (AvgIpc) is 2.97. The molecule has 7 heteroatoms. The van der Waals surface area contributed by atoms with Crippen LogP contribution in [0.1, 0.15) is 32.1 Å². The Hall–Kier alpha value is -2.25. The minimum atomic E-state index is -0.446. The van der Waals surface area contributed by atoms with Crippen molar-refractivity contribution in [3.63, 3.8) is 0 Å². The number of rotatable bonds is 8. The first-order valence-corrected chi connectivity index (χ1v) is 8.20. The van der Waals surface area contributed by atoms with Crippen LogP contribution in [-0.2, 0) is 11.8 Å². The SMILES string of the molecule is Cn1ccnc1C(NCCC(=O)Nc1cccc(F)c1)C(C)(C)CO. The third kappa shape index (κ3) is 5.11. The molecule has 0 saturated heterocycles. The predicted molar refractivity (Wildman–Crippen MR) is 94.5 cm³/mol. The van der Waals surface area contributed by atoms with Crippen molar-refractivity contribution in [3.8, 4) is 0 Å². The molecule has 3 N–H and O–H groups in total. The number of aliphatic hydroxyl groups excluding tert-OH is 1. The van der Waals surface area contributed by atoms with Crippen molar-refractivity contribution in [1.82, 2.24) is 14.9 Å². The highest BCUT2D eigenvalue weighted by atomic mass is 19.1. The number of amides is 1. The lowest BCUT2D eigenvalue weighted by Gasteiger charge is -2.33. The maximum absolute atomic E-state index is 13.1. The van der Waals surface area contributed by atoms with E-state index in [1.807, 2.05) is 31.7 Å². The van der Waals surface area contributed by atoms with Gasteiger partial charge in [0.05, 0.1) is 12.6 Å². The second-order valence-electron chi connectivity index (χ2n) is 6.74. The number of imidazole rings is 1. The quantitative estimate of drug-likeness (QED) is 0.684. The highest BCUT2D eigenvalue weighted by Crippen LogP contribution is 2.31. The monoisotopic (exact) mass is 348 g/mol. The molecule has 0 aliphatic rings. The molecular weight excluding hydrogens is 323 g/mol. The van der Waals surface area contributed by atoms with Crippen LogP contribution < -0.4 is 10.6 Å². The van der Waals surface area contributed by atoms with E-state index < -0.39 is 11.2 Å². The summed E-state index contributed by atoms with van der Waals surface area (Å²) in [7, 11) is 1.89. The van der Waals surface area contributed by atoms with E-state index in [9.17, 15) is 14.3 Å². The predicted octanol–water partition coefficient (Wildman–Crippen LogP) is 2.24. The van der Waals surface area contributed by atoms with Gasteiger partial charge in [-0.2, -0.15) is 0 Å². The van der Waals surface area contributed by atoms with E-state index in [1.165, 1.54) is 12.1 Å². The van der Waals surface area contributed by atoms with Gasteiger partial charge in [-0.1, -0.05) is 19.9 Å². The minimum Gasteiger partial charge on any atom is -0.396 e. The van der Waals surface area contributed by atoms with Gasteiger partial charge in [0.1, 0.15) is 11.6 Å². The van der Waals surface area contributed by atoms with E-state index in [1.54, 1.807) is 18.3 Å².